The van der Waals surface area contributed by atoms with E-state index in [1.807, 2.05) is 48.5 Å². The van der Waals surface area contributed by atoms with Crippen LogP contribution in [0.1, 0.15) is 17.0 Å². The van der Waals surface area contributed by atoms with Gasteiger partial charge in [-0.3, -0.25) is 4.79 Å². The van der Waals surface area contributed by atoms with Gasteiger partial charge in [0, 0.05) is 25.6 Å². The number of ether oxygens (including phenoxy) is 1. The van der Waals surface area contributed by atoms with Crippen LogP contribution in [0, 0.1) is 0 Å². The summed E-state index contributed by atoms with van der Waals surface area (Å²) in [5, 5.41) is 8.92. The average Bonchev–Trinajstić information content (AvgIpc) is 2.96. The Morgan fingerprint density at radius 2 is 1.57 bits per heavy atom. The van der Waals surface area contributed by atoms with Crippen molar-refractivity contribution in [2.75, 3.05) is 38.5 Å². The topological polar surface area (TPSA) is 104 Å². The highest BCUT2D eigenvalue weighted by molar-refractivity contribution is 7.89. The molecule has 0 aromatic heterocycles. The Balaban J connectivity index is 1.45. The molecule has 1 amide bonds. The minimum atomic E-state index is -3.73. The van der Waals surface area contributed by atoms with Gasteiger partial charge in [0.25, 0.3) is 0 Å². The normalized spacial score (nSPS) is 18.3. The number of aliphatic carboxylic acids is 1. The molecular weight excluding hydrogens is 408 g/mol. The summed E-state index contributed by atoms with van der Waals surface area (Å²) in [7, 11) is -3.73. The van der Waals surface area contributed by atoms with Gasteiger partial charge in [-0.2, -0.15) is 4.31 Å². The molecule has 1 aliphatic heterocycles. The summed E-state index contributed by atoms with van der Waals surface area (Å²) < 4.78 is 30.9. The number of benzene rings is 2. The Labute approximate surface area is 174 Å². The van der Waals surface area contributed by atoms with Crippen LogP contribution in [-0.4, -0.2) is 73.3 Å². The molecule has 30 heavy (non-hydrogen) atoms. The maximum absolute atomic E-state index is 12.6. The number of amides is 1. The van der Waals surface area contributed by atoms with Crippen molar-refractivity contribution in [1.82, 2.24) is 9.21 Å². The molecule has 0 bridgehead atoms. The maximum atomic E-state index is 12.6. The largest absolute Gasteiger partial charge is 0.480 e. The lowest BCUT2D eigenvalue weighted by Crippen LogP contribution is -2.38. The predicted molar refractivity (Wildman–Crippen MR) is 110 cm³/mol. The number of hydrogen-bond donors (Lipinski definition) is 1. The zero-order chi connectivity index (χ0) is 21.3. The Morgan fingerprint density at radius 3 is 2.17 bits per heavy atom. The van der Waals surface area contributed by atoms with Crippen molar-refractivity contribution >= 4 is 22.1 Å². The highest BCUT2D eigenvalue weighted by Crippen LogP contribution is 2.44. The van der Waals surface area contributed by atoms with Crippen molar-refractivity contribution in [1.29, 1.82) is 0 Å². The number of rotatable bonds is 4. The summed E-state index contributed by atoms with van der Waals surface area (Å²) in [6.45, 7) is -0.479. The van der Waals surface area contributed by atoms with Crippen LogP contribution in [-0.2, 0) is 19.6 Å². The maximum Gasteiger partial charge on any atom is 0.409 e. The van der Waals surface area contributed by atoms with Crippen LogP contribution in [0.5, 0.6) is 0 Å². The average molecular weight is 430 g/mol. The summed E-state index contributed by atoms with van der Waals surface area (Å²) >= 11 is 0. The minimum Gasteiger partial charge on any atom is -0.480 e. The van der Waals surface area contributed by atoms with Crippen LogP contribution in [0.25, 0.3) is 11.1 Å². The molecule has 0 radical (unpaired) electrons. The van der Waals surface area contributed by atoms with Gasteiger partial charge >= 0.3 is 12.1 Å². The molecule has 1 N–H and O–H groups in total. The van der Waals surface area contributed by atoms with Gasteiger partial charge in [-0.15, -0.1) is 0 Å². The van der Waals surface area contributed by atoms with Gasteiger partial charge in [0.05, 0.1) is 5.75 Å². The van der Waals surface area contributed by atoms with Crippen LogP contribution >= 0.6 is 0 Å². The molecule has 9 heteroatoms. The molecule has 2 aliphatic rings. The number of nitrogens with zero attached hydrogens (tertiary/aromatic N) is 2. The van der Waals surface area contributed by atoms with Crippen molar-refractivity contribution in [3.63, 3.8) is 0 Å². The lowest BCUT2D eigenvalue weighted by molar-refractivity contribution is -0.137. The first-order valence-electron chi connectivity index (χ1n) is 9.66. The van der Waals surface area contributed by atoms with E-state index in [1.54, 1.807) is 0 Å². The zero-order valence-corrected chi connectivity index (χ0v) is 17.0. The minimum absolute atomic E-state index is 0.0326. The van der Waals surface area contributed by atoms with Gasteiger partial charge in [0.15, 0.2) is 0 Å². The molecule has 1 aliphatic carbocycles. The van der Waals surface area contributed by atoms with Crippen molar-refractivity contribution in [2.24, 2.45) is 0 Å². The van der Waals surface area contributed by atoms with Crippen LogP contribution in [0.2, 0.25) is 0 Å². The summed E-state index contributed by atoms with van der Waals surface area (Å²) in [6.07, 6.45) is -0.593. The van der Waals surface area contributed by atoms with Crippen LogP contribution in [0.4, 0.5) is 4.79 Å². The van der Waals surface area contributed by atoms with E-state index in [2.05, 4.69) is 0 Å². The number of carboxylic acids is 1. The van der Waals surface area contributed by atoms with Crippen LogP contribution in [0.3, 0.4) is 0 Å². The first kappa shape index (κ1) is 20.4. The number of sulfonamides is 1. The van der Waals surface area contributed by atoms with E-state index in [0.29, 0.717) is 0 Å². The third kappa shape index (κ3) is 3.90. The molecule has 0 saturated carbocycles. The Hall–Kier alpha value is -2.91. The molecule has 1 fully saturated rings. The number of carbonyl (C=O) groups is 2. The van der Waals surface area contributed by atoms with E-state index in [1.165, 1.54) is 4.90 Å². The van der Waals surface area contributed by atoms with Gasteiger partial charge in [-0.25, -0.2) is 13.2 Å². The van der Waals surface area contributed by atoms with Crippen molar-refractivity contribution in [2.45, 2.75) is 5.92 Å². The quantitative estimate of drug-likeness (QED) is 0.795. The fourth-order valence-corrected chi connectivity index (χ4v) is 5.41. The summed E-state index contributed by atoms with van der Waals surface area (Å²) in [6, 6.07) is 16.0. The summed E-state index contributed by atoms with van der Waals surface area (Å²) in [5.74, 6) is -1.64. The van der Waals surface area contributed by atoms with Crippen LogP contribution in [0.15, 0.2) is 48.5 Å². The van der Waals surface area contributed by atoms with Crippen molar-refractivity contribution in [3.05, 3.63) is 59.7 Å². The molecule has 0 atom stereocenters. The van der Waals surface area contributed by atoms with E-state index >= 15 is 0 Å². The first-order chi connectivity index (χ1) is 14.4. The number of carboxylic acid groups (broad SMARTS) is 1. The Morgan fingerprint density at radius 1 is 0.967 bits per heavy atom. The standard InChI is InChI=1S/C21H22N2O6S/c24-20(25)13-23-10-9-22(11-12-30(23,27)28)21(26)29-14-19-17-7-3-1-5-15(17)16-6-2-4-8-18(16)19/h1-8,19H,9-14H2,(H,24,25). The van der Waals surface area contributed by atoms with Crippen molar-refractivity contribution in [3.8, 4) is 11.1 Å². The molecule has 1 saturated heterocycles. The molecule has 158 valence electrons. The first-order valence-corrected chi connectivity index (χ1v) is 11.3. The second kappa shape index (κ2) is 8.08. The smallest absolute Gasteiger partial charge is 0.409 e. The molecule has 0 unspecified atom stereocenters. The van der Waals surface area contributed by atoms with Gasteiger partial charge in [0.1, 0.15) is 13.2 Å². The second-order valence-electron chi connectivity index (χ2n) is 7.33. The van der Waals surface area contributed by atoms with E-state index in [4.69, 9.17) is 9.84 Å². The number of hydrogen-bond acceptors (Lipinski definition) is 5. The summed E-state index contributed by atoms with van der Waals surface area (Å²) in [5.41, 5.74) is 4.44. The third-order valence-electron chi connectivity index (χ3n) is 5.54. The molecule has 2 aromatic rings. The number of fused-ring (bicyclic) bond motifs is 3. The fraction of sp³-hybridized carbons (Fsp3) is 0.333. The molecule has 0 spiro atoms. The van der Waals surface area contributed by atoms with Crippen LogP contribution < -0.4 is 0 Å². The third-order valence-corrected chi connectivity index (χ3v) is 7.33. The molecule has 2 aromatic carbocycles. The Bertz CT molecular complexity index is 1040. The van der Waals surface area contributed by atoms with E-state index in [-0.39, 0.29) is 37.9 Å². The predicted octanol–water partition coefficient (Wildman–Crippen LogP) is 1.97. The molecular formula is C21H22N2O6S. The monoisotopic (exact) mass is 430 g/mol. The van der Waals surface area contributed by atoms with Crippen molar-refractivity contribution < 1.29 is 27.9 Å². The molecule has 1 heterocycles. The lowest BCUT2D eigenvalue weighted by atomic mass is 9.98. The van der Waals surface area contributed by atoms with Gasteiger partial charge in [0.2, 0.25) is 10.0 Å². The molecule has 4 rings (SSSR count). The highest BCUT2D eigenvalue weighted by atomic mass is 32.2. The highest BCUT2D eigenvalue weighted by Gasteiger charge is 2.33. The Kier molecular flexibility index (Phi) is 5.48. The summed E-state index contributed by atoms with van der Waals surface area (Å²) in [4.78, 5) is 24.9. The van der Waals surface area contributed by atoms with E-state index < -0.39 is 28.6 Å². The van der Waals surface area contributed by atoms with Gasteiger partial charge in [-0.1, -0.05) is 48.5 Å². The number of carbonyl (C=O) groups excluding carboxylic acids is 1. The fourth-order valence-electron chi connectivity index (χ4n) is 4.03. The van der Waals surface area contributed by atoms with E-state index in [0.717, 1.165) is 26.6 Å². The second-order valence-corrected chi connectivity index (χ2v) is 9.42. The lowest BCUT2D eigenvalue weighted by Gasteiger charge is -2.21. The van der Waals surface area contributed by atoms with Gasteiger partial charge in [-0.05, 0) is 22.3 Å². The zero-order valence-electron chi connectivity index (χ0n) is 16.2. The van der Waals surface area contributed by atoms with Gasteiger partial charge < -0.3 is 14.7 Å². The SMILES string of the molecule is O=C(O)CN1CCN(C(=O)OCC2c3ccccc3-c3ccccc32)CCS1(=O)=O. The van der Waals surface area contributed by atoms with E-state index in [9.17, 15) is 18.0 Å². The molecule has 8 nitrogen and oxygen atoms in total.